The summed E-state index contributed by atoms with van der Waals surface area (Å²) in [5.74, 6) is 0. The van der Waals surface area contributed by atoms with Crippen LogP contribution in [-0.4, -0.2) is 8.42 Å². The van der Waals surface area contributed by atoms with Crippen LogP contribution in [-0.2, 0) is 10.7 Å². The maximum Gasteiger partial charge on any atom is 0.168 e. The van der Waals surface area contributed by atoms with Gasteiger partial charge in [0.25, 0.3) is 0 Å². The first-order valence-corrected chi connectivity index (χ1v) is 5.97. The van der Waals surface area contributed by atoms with Gasteiger partial charge >= 0.3 is 0 Å². The van der Waals surface area contributed by atoms with E-state index in [1.807, 2.05) is 18.2 Å². The molecule has 0 unspecified atom stereocenters. The molecule has 0 radical (unpaired) electrons. The average Bonchev–Trinajstić information content (AvgIpc) is 2.16. The number of hydrogen-bond donors (Lipinski definition) is 1. The zero-order chi connectivity index (χ0) is 10.1. The van der Waals surface area contributed by atoms with Crippen LogP contribution in [0.5, 0.6) is 0 Å². The molecule has 2 aromatic rings. The lowest BCUT2D eigenvalue weighted by Gasteiger charge is -1.98. The van der Waals surface area contributed by atoms with E-state index in [1.165, 1.54) is 0 Å². The van der Waals surface area contributed by atoms with Gasteiger partial charge in [-0.2, -0.15) is 0 Å². The number of benzene rings is 2. The summed E-state index contributed by atoms with van der Waals surface area (Å²) in [7, 11) is -2.49. The van der Waals surface area contributed by atoms with E-state index in [2.05, 4.69) is 15.9 Å². The van der Waals surface area contributed by atoms with Crippen molar-refractivity contribution < 1.29 is 8.42 Å². The summed E-state index contributed by atoms with van der Waals surface area (Å²) in [6, 6.07) is 10.8. The van der Waals surface area contributed by atoms with Crippen molar-refractivity contribution in [3.05, 3.63) is 40.9 Å². The topological polar surface area (TPSA) is 34.1 Å². The van der Waals surface area contributed by atoms with Crippen molar-refractivity contribution >= 4 is 37.4 Å². The molecule has 0 aliphatic heterocycles. The smallest absolute Gasteiger partial charge is 0.168 e. The molecule has 72 valence electrons. The summed E-state index contributed by atoms with van der Waals surface area (Å²) >= 11 is 3.36. The molecule has 4 heteroatoms. The largest absolute Gasteiger partial charge is 0.227 e. The predicted octanol–water partition coefficient (Wildman–Crippen LogP) is 2.57. The monoisotopic (exact) mass is 270 g/mol. The molecule has 0 bridgehead atoms. The van der Waals surface area contributed by atoms with Gasteiger partial charge in [-0.25, -0.2) is 8.42 Å². The van der Waals surface area contributed by atoms with Crippen molar-refractivity contribution in [2.75, 3.05) is 0 Å². The molecule has 2 nitrogen and oxygen atoms in total. The second-order valence-corrected chi connectivity index (χ2v) is 4.88. The van der Waals surface area contributed by atoms with Crippen molar-refractivity contribution in [1.82, 2.24) is 0 Å². The van der Waals surface area contributed by atoms with Gasteiger partial charge in [-0.3, -0.25) is 0 Å². The van der Waals surface area contributed by atoms with E-state index in [-0.39, 0.29) is 0 Å². The predicted molar refractivity (Wildman–Crippen MR) is 60.2 cm³/mol. The van der Waals surface area contributed by atoms with Crippen LogP contribution in [0.25, 0.3) is 10.8 Å². The third-order valence-corrected chi connectivity index (χ3v) is 3.19. The summed E-state index contributed by atoms with van der Waals surface area (Å²) in [5, 5.41) is 1.96. The number of rotatable bonds is 1. The number of halogens is 1. The van der Waals surface area contributed by atoms with Crippen molar-refractivity contribution in [2.45, 2.75) is 4.90 Å². The van der Waals surface area contributed by atoms with Crippen molar-refractivity contribution in [1.29, 1.82) is 0 Å². The number of fused-ring (bicyclic) bond motifs is 1. The molecule has 0 aliphatic carbocycles. The first kappa shape index (κ1) is 9.68. The van der Waals surface area contributed by atoms with Crippen LogP contribution in [0.4, 0.5) is 0 Å². The highest BCUT2D eigenvalue weighted by molar-refractivity contribution is 9.10. The van der Waals surface area contributed by atoms with E-state index < -0.39 is 10.7 Å². The Morgan fingerprint density at radius 2 is 1.57 bits per heavy atom. The van der Waals surface area contributed by atoms with Gasteiger partial charge in [-0.1, -0.05) is 28.1 Å². The average molecular weight is 271 g/mol. The lowest BCUT2D eigenvalue weighted by molar-refractivity contribution is 0.614. The molecule has 0 heterocycles. The quantitative estimate of drug-likeness (QED) is 0.809. The summed E-state index contributed by atoms with van der Waals surface area (Å²) in [6.45, 7) is 0. The Hall–Kier alpha value is -0.870. The fourth-order valence-electron chi connectivity index (χ4n) is 1.32. The highest BCUT2D eigenvalue weighted by Crippen LogP contribution is 2.21. The Labute approximate surface area is 91.6 Å². The van der Waals surface area contributed by atoms with Crippen molar-refractivity contribution in [2.24, 2.45) is 0 Å². The maximum absolute atomic E-state index is 10.7. The minimum absolute atomic E-state index is 0.356. The van der Waals surface area contributed by atoms with Crippen LogP contribution in [0, 0.1) is 0 Å². The lowest BCUT2D eigenvalue weighted by atomic mass is 10.1. The SMILES string of the molecule is O=[SH](=O)c1ccc2cc(Br)ccc2c1. The maximum atomic E-state index is 10.7. The van der Waals surface area contributed by atoms with E-state index in [0.717, 1.165) is 15.2 Å². The first-order chi connectivity index (χ1) is 6.66. The molecule has 14 heavy (non-hydrogen) atoms. The van der Waals surface area contributed by atoms with Crippen molar-refractivity contribution in [3.63, 3.8) is 0 Å². The Bertz CT molecular complexity index is 553. The van der Waals surface area contributed by atoms with Crippen LogP contribution >= 0.6 is 15.9 Å². The number of hydrogen-bond acceptors (Lipinski definition) is 2. The van der Waals surface area contributed by atoms with E-state index in [9.17, 15) is 8.42 Å². The zero-order valence-electron chi connectivity index (χ0n) is 7.11. The summed E-state index contributed by atoms with van der Waals surface area (Å²) in [4.78, 5) is 0.356. The Kier molecular flexibility index (Phi) is 2.56. The Morgan fingerprint density at radius 1 is 0.929 bits per heavy atom. The third kappa shape index (κ3) is 1.81. The normalized spacial score (nSPS) is 11.0. The van der Waals surface area contributed by atoms with Crippen LogP contribution in [0.3, 0.4) is 0 Å². The fourth-order valence-corrected chi connectivity index (χ4v) is 2.14. The van der Waals surface area contributed by atoms with Crippen LogP contribution < -0.4 is 0 Å². The molecule has 2 rings (SSSR count). The summed E-state index contributed by atoms with van der Waals surface area (Å²) in [6.07, 6.45) is 0. The van der Waals surface area contributed by atoms with Gasteiger partial charge in [-0.05, 0) is 35.0 Å². The van der Waals surface area contributed by atoms with Gasteiger partial charge in [0.15, 0.2) is 10.7 Å². The van der Waals surface area contributed by atoms with Gasteiger partial charge < -0.3 is 0 Å². The highest BCUT2D eigenvalue weighted by Gasteiger charge is 1.98. The van der Waals surface area contributed by atoms with E-state index in [4.69, 9.17) is 0 Å². The van der Waals surface area contributed by atoms with Gasteiger partial charge in [0.1, 0.15) is 0 Å². The van der Waals surface area contributed by atoms with Gasteiger partial charge in [0, 0.05) is 4.47 Å². The van der Waals surface area contributed by atoms with Crippen molar-refractivity contribution in [3.8, 4) is 0 Å². The second kappa shape index (κ2) is 3.71. The molecule has 0 saturated heterocycles. The van der Waals surface area contributed by atoms with Gasteiger partial charge in [0.05, 0.1) is 4.90 Å². The van der Waals surface area contributed by atoms with Crippen LogP contribution in [0.1, 0.15) is 0 Å². The van der Waals surface area contributed by atoms with E-state index >= 15 is 0 Å². The van der Waals surface area contributed by atoms with Gasteiger partial charge in [-0.15, -0.1) is 0 Å². The van der Waals surface area contributed by atoms with Crippen LogP contribution in [0.15, 0.2) is 45.8 Å². The number of thiol groups is 1. The molecule has 0 aromatic heterocycles. The minimum atomic E-state index is -2.49. The van der Waals surface area contributed by atoms with E-state index in [1.54, 1.807) is 18.2 Å². The molecule has 0 spiro atoms. The molecular weight excluding hydrogens is 264 g/mol. The molecule has 0 aliphatic rings. The Balaban J connectivity index is 2.73. The molecular formula is C10H7BrO2S. The first-order valence-electron chi connectivity index (χ1n) is 4.00. The second-order valence-electron chi connectivity index (χ2n) is 2.93. The van der Waals surface area contributed by atoms with E-state index in [0.29, 0.717) is 4.90 Å². The third-order valence-electron chi connectivity index (χ3n) is 2.00. The molecule has 0 fully saturated rings. The summed E-state index contributed by atoms with van der Waals surface area (Å²) in [5.41, 5.74) is 0. The molecule has 2 aromatic carbocycles. The Morgan fingerprint density at radius 3 is 2.29 bits per heavy atom. The van der Waals surface area contributed by atoms with Crippen LogP contribution in [0.2, 0.25) is 0 Å². The molecule has 0 N–H and O–H groups in total. The molecule has 0 atom stereocenters. The minimum Gasteiger partial charge on any atom is -0.227 e. The standard InChI is InChI=1S/C10H7BrO2S/c11-9-3-1-8-6-10(14(12)13)4-2-7(8)5-9/h1-6,14H. The summed E-state index contributed by atoms with van der Waals surface area (Å²) < 4.78 is 22.5. The molecule has 0 amide bonds. The lowest BCUT2D eigenvalue weighted by Crippen LogP contribution is -1.80. The highest BCUT2D eigenvalue weighted by atomic mass is 79.9. The zero-order valence-corrected chi connectivity index (χ0v) is 9.59. The molecule has 0 saturated carbocycles. The van der Waals surface area contributed by atoms with Gasteiger partial charge in [0.2, 0.25) is 0 Å². The fraction of sp³-hybridized carbons (Fsp3) is 0.